The van der Waals surface area contributed by atoms with Crippen molar-refractivity contribution >= 4 is 52.1 Å². The van der Waals surface area contributed by atoms with Crippen LogP contribution in [-0.2, 0) is 16.1 Å². The van der Waals surface area contributed by atoms with Gasteiger partial charge in [0.2, 0.25) is 5.90 Å². The van der Waals surface area contributed by atoms with Gasteiger partial charge in [-0.15, -0.1) is 0 Å². The lowest BCUT2D eigenvalue weighted by Gasteiger charge is -2.13. The second kappa shape index (κ2) is 11.2. The number of benzene rings is 4. The highest BCUT2D eigenvalue weighted by atomic mass is 127. The normalized spacial score (nSPS) is 13.9. The molecule has 0 spiro atoms. The first-order valence-corrected chi connectivity index (χ1v) is 12.9. The number of cyclic esters (lactones) is 1. The van der Waals surface area contributed by atoms with Crippen LogP contribution in [0.5, 0.6) is 11.5 Å². The highest BCUT2D eigenvalue weighted by Gasteiger charge is 2.24. The number of rotatable bonds is 7. The van der Waals surface area contributed by atoms with E-state index in [-0.39, 0.29) is 11.6 Å². The smallest absolute Gasteiger partial charge is 0.363 e. The SMILES string of the molecule is COc1cc(/C=C2\N=C(c3ccc(-c4ccccc4)cc3)OC2=O)cc(Cl)c1OCc1ccc(I)cc1. The van der Waals surface area contributed by atoms with Gasteiger partial charge in [-0.25, -0.2) is 9.79 Å². The highest BCUT2D eigenvalue weighted by molar-refractivity contribution is 14.1. The second-order valence-corrected chi connectivity index (χ2v) is 9.88. The monoisotopic (exact) mass is 621 g/mol. The first kappa shape index (κ1) is 25.0. The maximum Gasteiger partial charge on any atom is 0.363 e. The van der Waals surface area contributed by atoms with Gasteiger partial charge in [0.15, 0.2) is 17.2 Å². The molecule has 5 nitrogen and oxygen atoms in total. The maximum atomic E-state index is 12.5. The minimum absolute atomic E-state index is 0.174. The van der Waals surface area contributed by atoms with Gasteiger partial charge in [0.05, 0.1) is 12.1 Å². The third-order valence-corrected chi connectivity index (χ3v) is 6.71. The molecule has 0 radical (unpaired) electrons. The number of hydrogen-bond donors (Lipinski definition) is 0. The minimum Gasteiger partial charge on any atom is -0.493 e. The van der Waals surface area contributed by atoms with E-state index in [2.05, 4.69) is 27.6 Å². The molecule has 0 saturated heterocycles. The van der Waals surface area contributed by atoms with Crippen molar-refractivity contribution in [1.82, 2.24) is 0 Å². The molecule has 0 saturated carbocycles. The molecule has 0 N–H and O–H groups in total. The van der Waals surface area contributed by atoms with Gasteiger partial charge >= 0.3 is 5.97 Å². The Bertz CT molecular complexity index is 1500. The molecule has 1 aliphatic heterocycles. The van der Waals surface area contributed by atoms with Gasteiger partial charge in [0, 0.05) is 9.13 Å². The van der Waals surface area contributed by atoms with Crippen LogP contribution in [0.2, 0.25) is 5.02 Å². The van der Waals surface area contributed by atoms with E-state index in [1.165, 1.54) is 0 Å². The molecular formula is C30H21ClINO4. The van der Waals surface area contributed by atoms with Gasteiger partial charge in [-0.1, -0.05) is 66.2 Å². The Hall–Kier alpha value is -3.62. The van der Waals surface area contributed by atoms with Gasteiger partial charge in [-0.05, 0) is 87.3 Å². The molecule has 0 atom stereocenters. The van der Waals surface area contributed by atoms with Crippen LogP contribution in [0, 0.1) is 3.57 Å². The molecule has 0 aromatic heterocycles. The number of carbonyl (C=O) groups excluding carboxylic acids is 1. The average molecular weight is 622 g/mol. The Kier molecular flexibility index (Phi) is 7.58. The Morgan fingerprint density at radius 3 is 2.30 bits per heavy atom. The summed E-state index contributed by atoms with van der Waals surface area (Å²) < 4.78 is 18.0. The quantitative estimate of drug-likeness (QED) is 0.122. The van der Waals surface area contributed by atoms with Gasteiger partial charge in [-0.3, -0.25) is 0 Å². The number of methoxy groups -OCH3 is 1. The van der Waals surface area contributed by atoms with E-state index in [0.29, 0.717) is 34.3 Å². The summed E-state index contributed by atoms with van der Waals surface area (Å²) in [6, 6.07) is 29.2. The topological polar surface area (TPSA) is 57.1 Å². The van der Waals surface area contributed by atoms with E-state index in [1.54, 1.807) is 25.3 Å². The van der Waals surface area contributed by atoms with E-state index < -0.39 is 5.97 Å². The maximum absolute atomic E-state index is 12.5. The fraction of sp³-hybridized carbons (Fsp3) is 0.0667. The molecule has 4 aromatic carbocycles. The zero-order valence-electron chi connectivity index (χ0n) is 19.8. The summed E-state index contributed by atoms with van der Waals surface area (Å²) in [6.07, 6.45) is 1.62. The predicted octanol–water partition coefficient (Wildman–Crippen LogP) is 7.54. The summed E-state index contributed by atoms with van der Waals surface area (Å²) in [6.45, 7) is 0.344. The van der Waals surface area contributed by atoms with E-state index in [0.717, 1.165) is 20.3 Å². The summed E-state index contributed by atoms with van der Waals surface area (Å²) in [5, 5.41) is 0.365. The van der Waals surface area contributed by atoms with E-state index in [9.17, 15) is 4.79 Å². The molecule has 0 unspecified atom stereocenters. The lowest BCUT2D eigenvalue weighted by molar-refractivity contribution is -0.129. The number of aliphatic imine (C=N–C) groups is 1. The highest BCUT2D eigenvalue weighted by Crippen LogP contribution is 2.38. The summed E-state index contributed by atoms with van der Waals surface area (Å²) in [5.41, 5.74) is 4.71. The van der Waals surface area contributed by atoms with Crippen molar-refractivity contribution in [3.05, 3.63) is 122 Å². The molecule has 4 aromatic rings. The summed E-state index contributed by atoms with van der Waals surface area (Å²) in [7, 11) is 1.54. The van der Waals surface area contributed by atoms with Crippen molar-refractivity contribution < 1.29 is 19.0 Å². The summed E-state index contributed by atoms with van der Waals surface area (Å²) in [5.74, 6) is 0.612. The second-order valence-electron chi connectivity index (χ2n) is 8.23. The van der Waals surface area contributed by atoms with Gasteiger partial charge in [0.25, 0.3) is 0 Å². The minimum atomic E-state index is -0.531. The molecule has 0 fully saturated rings. The zero-order valence-corrected chi connectivity index (χ0v) is 22.7. The fourth-order valence-electron chi connectivity index (χ4n) is 3.83. The van der Waals surface area contributed by atoms with Crippen LogP contribution >= 0.6 is 34.2 Å². The van der Waals surface area contributed by atoms with Gasteiger partial charge < -0.3 is 14.2 Å². The van der Waals surface area contributed by atoms with Crippen molar-refractivity contribution in [2.45, 2.75) is 6.61 Å². The molecule has 0 amide bonds. The molecule has 0 bridgehead atoms. The average Bonchev–Trinajstić information content (AvgIpc) is 3.29. The summed E-state index contributed by atoms with van der Waals surface area (Å²) in [4.78, 5) is 17.0. The number of hydrogen-bond acceptors (Lipinski definition) is 5. The molecule has 1 heterocycles. The van der Waals surface area contributed by atoms with Crippen LogP contribution in [0.1, 0.15) is 16.7 Å². The van der Waals surface area contributed by atoms with Crippen molar-refractivity contribution in [3.8, 4) is 22.6 Å². The van der Waals surface area contributed by atoms with E-state index >= 15 is 0 Å². The Balaban J connectivity index is 1.36. The van der Waals surface area contributed by atoms with Crippen LogP contribution in [0.15, 0.2) is 102 Å². The number of carbonyl (C=O) groups is 1. The lowest BCUT2D eigenvalue weighted by atomic mass is 10.0. The third kappa shape index (κ3) is 5.87. The number of esters is 1. The molecular weight excluding hydrogens is 601 g/mol. The molecule has 37 heavy (non-hydrogen) atoms. The van der Waals surface area contributed by atoms with Crippen molar-refractivity contribution in [2.75, 3.05) is 7.11 Å². The molecule has 7 heteroatoms. The van der Waals surface area contributed by atoms with Crippen LogP contribution in [-0.4, -0.2) is 19.0 Å². The Morgan fingerprint density at radius 2 is 1.59 bits per heavy atom. The third-order valence-electron chi connectivity index (χ3n) is 5.71. The van der Waals surface area contributed by atoms with E-state index in [1.807, 2.05) is 78.9 Å². The largest absolute Gasteiger partial charge is 0.493 e. The first-order valence-electron chi connectivity index (χ1n) is 11.4. The molecule has 184 valence electrons. The number of halogens is 2. The molecule has 1 aliphatic rings. The fourth-order valence-corrected chi connectivity index (χ4v) is 4.46. The lowest BCUT2D eigenvalue weighted by Crippen LogP contribution is -2.05. The predicted molar refractivity (Wildman–Crippen MR) is 154 cm³/mol. The zero-order chi connectivity index (χ0) is 25.8. The van der Waals surface area contributed by atoms with Crippen molar-refractivity contribution in [1.29, 1.82) is 0 Å². The standard InChI is InChI=1S/C30H21ClINO4/c1-35-27-17-20(15-25(31)28(27)36-18-19-7-13-24(32)14-8-19)16-26-30(34)37-29(33-26)23-11-9-22(10-12-23)21-5-3-2-4-6-21/h2-17H,18H2,1H3/b26-16-. The van der Waals surface area contributed by atoms with Crippen LogP contribution in [0.4, 0.5) is 0 Å². The number of ether oxygens (including phenoxy) is 3. The van der Waals surface area contributed by atoms with Crippen LogP contribution in [0.3, 0.4) is 0 Å². The Labute approximate surface area is 233 Å². The molecule has 5 rings (SSSR count). The van der Waals surface area contributed by atoms with Crippen molar-refractivity contribution in [2.24, 2.45) is 4.99 Å². The summed E-state index contributed by atoms with van der Waals surface area (Å²) >= 11 is 8.79. The van der Waals surface area contributed by atoms with Crippen LogP contribution < -0.4 is 9.47 Å². The van der Waals surface area contributed by atoms with Crippen molar-refractivity contribution in [3.63, 3.8) is 0 Å². The van der Waals surface area contributed by atoms with Crippen LogP contribution in [0.25, 0.3) is 17.2 Å². The Morgan fingerprint density at radius 1 is 0.919 bits per heavy atom. The van der Waals surface area contributed by atoms with E-state index in [4.69, 9.17) is 25.8 Å². The molecule has 0 aliphatic carbocycles. The van der Waals surface area contributed by atoms with Gasteiger partial charge in [-0.2, -0.15) is 0 Å². The number of nitrogens with zero attached hydrogens (tertiary/aromatic N) is 1. The van der Waals surface area contributed by atoms with Gasteiger partial charge in [0.1, 0.15) is 6.61 Å². The first-order chi connectivity index (χ1) is 18.0.